The number of amides is 2. The Morgan fingerprint density at radius 1 is 1.17 bits per heavy atom. The number of hydrogen-bond donors (Lipinski definition) is 2. The number of rotatable bonds is 1. The quantitative estimate of drug-likeness (QED) is 0.752. The molecule has 1 aliphatic carbocycles. The highest BCUT2D eigenvalue weighted by molar-refractivity contribution is 5.74. The molecule has 2 aliphatic rings. The van der Waals surface area contributed by atoms with E-state index in [4.69, 9.17) is 0 Å². The molecule has 0 aromatic carbocycles. The minimum absolute atomic E-state index is 0.0136. The lowest BCUT2D eigenvalue weighted by Gasteiger charge is -2.37. The van der Waals surface area contributed by atoms with Gasteiger partial charge in [-0.25, -0.2) is 4.79 Å². The number of carbonyl (C=O) groups excluding carboxylic acids is 1. The smallest absolute Gasteiger partial charge is 0.317 e. The number of nitrogens with zero attached hydrogens (tertiary/aromatic N) is 1. The van der Waals surface area contributed by atoms with Crippen molar-refractivity contribution in [3.8, 4) is 0 Å². The van der Waals surface area contributed by atoms with Crippen LogP contribution >= 0.6 is 0 Å². The molecule has 1 saturated carbocycles. The van der Waals surface area contributed by atoms with Gasteiger partial charge in [-0.05, 0) is 31.1 Å². The second kappa shape index (κ2) is 5.91. The number of piperidine rings is 1. The molecule has 0 bridgehead atoms. The van der Waals surface area contributed by atoms with Crippen molar-refractivity contribution in [2.45, 2.75) is 58.1 Å². The molecule has 2 N–H and O–H groups in total. The van der Waals surface area contributed by atoms with Gasteiger partial charge in [0.1, 0.15) is 0 Å². The molecule has 1 aliphatic heterocycles. The number of urea groups is 1. The van der Waals surface area contributed by atoms with Gasteiger partial charge in [0.05, 0.1) is 6.10 Å². The van der Waals surface area contributed by atoms with Gasteiger partial charge in [-0.2, -0.15) is 0 Å². The van der Waals surface area contributed by atoms with E-state index < -0.39 is 0 Å². The average molecular weight is 254 g/mol. The number of nitrogens with one attached hydrogen (secondary N) is 1. The van der Waals surface area contributed by atoms with E-state index in [9.17, 15) is 9.90 Å². The lowest BCUT2D eigenvalue weighted by Crippen LogP contribution is -2.53. The summed E-state index contributed by atoms with van der Waals surface area (Å²) in [6.07, 6.45) is 5.34. The highest BCUT2D eigenvalue weighted by atomic mass is 16.3. The highest BCUT2D eigenvalue weighted by Gasteiger charge is 2.29. The van der Waals surface area contributed by atoms with E-state index >= 15 is 0 Å². The fraction of sp³-hybridized carbons (Fsp3) is 0.929. The second-order valence-electron chi connectivity index (χ2n) is 6.10. The van der Waals surface area contributed by atoms with Gasteiger partial charge in [-0.1, -0.05) is 26.7 Å². The minimum atomic E-state index is -0.367. The van der Waals surface area contributed by atoms with Gasteiger partial charge >= 0.3 is 6.03 Å². The van der Waals surface area contributed by atoms with E-state index in [1.807, 2.05) is 6.92 Å². The minimum Gasteiger partial charge on any atom is -0.391 e. The topological polar surface area (TPSA) is 52.6 Å². The first-order valence-electron chi connectivity index (χ1n) is 7.31. The van der Waals surface area contributed by atoms with Crippen LogP contribution in [0, 0.1) is 11.8 Å². The fourth-order valence-corrected chi connectivity index (χ4v) is 3.01. The Morgan fingerprint density at radius 2 is 1.89 bits per heavy atom. The van der Waals surface area contributed by atoms with Crippen molar-refractivity contribution in [3.05, 3.63) is 0 Å². The highest BCUT2D eigenvalue weighted by Crippen LogP contribution is 2.24. The first-order chi connectivity index (χ1) is 8.58. The molecule has 0 aromatic rings. The zero-order valence-corrected chi connectivity index (χ0v) is 11.6. The molecule has 0 radical (unpaired) electrons. The Morgan fingerprint density at radius 3 is 2.56 bits per heavy atom. The van der Waals surface area contributed by atoms with Crippen molar-refractivity contribution in [3.63, 3.8) is 0 Å². The summed E-state index contributed by atoms with van der Waals surface area (Å²) < 4.78 is 0. The lowest BCUT2D eigenvalue weighted by molar-refractivity contribution is 0.0422. The largest absolute Gasteiger partial charge is 0.391 e. The molecule has 104 valence electrons. The van der Waals surface area contributed by atoms with Gasteiger partial charge in [-0.15, -0.1) is 0 Å². The van der Waals surface area contributed by atoms with Crippen molar-refractivity contribution >= 4 is 6.03 Å². The standard InChI is InChI=1S/C14H26N2O2/c1-10-5-3-4-6-12(10)15-14(18)16-8-7-11(2)13(17)9-16/h10-13,17H,3-9H2,1-2H3,(H,15,18). The molecular weight excluding hydrogens is 228 g/mol. The van der Waals surface area contributed by atoms with Crippen LogP contribution in [0.15, 0.2) is 0 Å². The maximum atomic E-state index is 12.2. The van der Waals surface area contributed by atoms with E-state index in [1.54, 1.807) is 4.90 Å². The molecule has 4 heteroatoms. The Kier molecular flexibility index (Phi) is 4.49. The lowest BCUT2D eigenvalue weighted by atomic mass is 9.86. The third-order valence-corrected chi connectivity index (χ3v) is 4.63. The molecule has 0 aromatic heterocycles. The molecular formula is C14H26N2O2. The SMILES string of the molecule is CC1CCN(C(=O)NC2CCCCC2C)CC1O. The van der Waals surface area contributed by atoms with Crippen LogP contribution in [0.5, 0.6) is 0 Å². The van der Waals surface area contributed by atoms with Crippen LogP contribution in [0.3, 0.4) is 0 Å². The Balaban J connectivity index is 1.84. The number of hydrogen-bond acceptors (Lipinski definition) is 2. The fourth-order valence-electron chi connectivity index (χ4n) is 3.01. The maximum Gasteiger partial charge on any atom is 0.317 e. The average Bonchev–Trinajstić information content (AvgIpc) is 2.35. The summed E-state index contributed by atoms with van der Waals surface area (Å²) in [5.74, 6) is 0.888. The van der Waals surface area contributed by atoms with Crippen molar-refractivity contribution in [1.29, 1.82) is 0 Å². The predicted octanol–water partition coefficient (Wildman–Crippen LogP) is 1.98. The molecule has 2 rings (SSSR count). The molecule has 2 fully saturated rings. The summed E-state index contributed by atoms with van der Waals surface area (Å²) in [6.45, 7) is 5.51. The van der Waals surface area contributed by atoms with Crippen LogP contribution in [0.1, 0.15) is 46.0 Å². The van der Waals surface area contributed by atoms with Crippen LogP contribution in [0.2, 0.25) is 0 Å². The molecule has 2 amide bonds. The molecule has 1 saturated heterocycles. The number of aliphatic hydroxyl groups excluding tert-OH is 1. The molecule has 4 nitrogen and oxygen atoms in total. The number of likely N-dealkylation sites (tertiary alicyclic amines) is 1. The van der Waals surface area contributed by atoms with Gasteiger partial charge in [0.2, 0.25) is 0 Å². The summed E-state index contributed by atoms with van der Waals surface area (Å²) in [5.41, 5.74) is 0. The molecule has 18 heavy (non-hydrogen) atoms. The maximum absolute atomic E-state index is 12.2. The Labute approximate surface area is 110 Å². The van der Waals surface area contributed by atoms with Gasteiger partial charge in [0, 0.05) is 19.1 Å². The third-order valence-electron chi connectivity index (χ3n) is 4.63. The number of aliphatic hydroxyl groups is 1. The van der Waals surface area contributed by atoms with Crippen LogP contribution < -0.4 is 5.32 Å². The monoisotopic (exact) mass is 254 g/mol. The van der Waals surface area contributed by atoms with Gasteiger partial charge in [0.15, 0.2) is 0 Å². The summed E-state index contributed by atoms with van der Waals surface area (Å²) in [7, 11) is 0. The summed E-state index contributed by atoms with van der Waals surface area (Å²) >= 11 is 0. The zero-order valence-electron chi connectivity index (χ0n) is 11.6. The summed E-state index contributed by atoms with van der Waals surface area (Å²) in [5, 5.41) is 13.0. The Bertz CT molecular complexity index is 296. The van der Waals surface area contributed by atoms with Crippen LogP contribution in [0.4, 0.5) is 4.79 Å². The predicted molar refractivity (Wildman–Crippen MR) is 71.3 cm³/mol. The molecule has 4 unspecified atom stereocenters. The first kappa shape index (κ1) is 13.7. The zero-order chi connectivity index (χ0) is 13.1. The van der Waals surface area contributed by atoms with E-state index in [0.29, 0.717) is 24.4 Å². The second-order valence-corrected chi connectivity index (χ2v) is 6.10. The summed E-state index contributed by atoms with van der Waals surface area (Å²) in [4.78, 5) is 13.9. The van der Waals surface area contributed by atoms with E-state index in [-0.39, 0.29) is 12.1 Å². The number of carbonyl (C=O) groups is 1. The van der Waals surface area contributed by atoms with Crippen molar-refractivity contribution in [2.24, 2.45) is 11.8 Å². The van der Waals surface area contributed by atoms with Crippen molar-refractivity contribution < 1.29 is 9.90 Å². The first-order valence-corrected chi connectivity index (χ1v) is 7.31. The van der Waals surface area contributed by atoms with Crippen molar-refractivity contribution in [1.82, 2.24) is 10.2 Å². The Hall–Kier alpha value is -0.770. The molecule has 1 heterocycles. The van der Waals surface area contributed by atoms with Crippen molar-refractivity contribution in [2.75, 3.05) is 13.1 Å². The summed E-state index contributed by atoms with van der Waals surface area (Å²) in [6, 6.07) is 0.336. The van der Waals surface area contributed by atoms with Gasteiger partial charge < -0.3 is 15.3 Å². The van der Waals surface area contributed by atoms with E-state index in [1.165, 1.54) is 19.3 Å². The molecule has 0 spiro atoms. The van der Waals surface area contributed by atoms with Gasteiger partial charge in [-0.3, -0.25) is 0 Å². The number of β-amino-alcohol motifs (C(OH)–C–C–N with tert-alkyl or cyclic N) is 1. The van der Waals surface area contributed by atoms with Gasteiger partial charge in [0.25, 0.3) is 0 Å². The van der Waals surface area contributed by atoms with Crippen LogP contribution in [-0.2, 0) is 0 Å². The van der Waals surface area contributed by atoms with E-state index in [2.05, 4.69) is 12.2 Å². The molecule has 4 atom stereocenters. The third kappa shape index (κ3) is 3.16. The van der Waals surface area contributed by atoms with Crippen LogP contribution in [-0.4, -0.2) is 41.3 Å². The van der Waals surface area contributed by atoms with E-state index in [0.717, 1.165) is 19.4 Å². The normalized spacial score (nSPS) is 37.4. The van der Waals surface area contributed by atoms with Crippen LogP contribution in [0.25, 0.3) is 0 Å².